The zero-order valence-electron chi connectivity index (χ0n) is 11.1. The molecule has 1 heterocycles. The summed E-state index contributed by atoms with van der Waals surface area (Å²) in [4.78, 5) is 4.93. The van der Waals surface area contributed by atoms with Crippen molar-refractivity contribution in [3.63, 3.8) is 0 Å². The maximum absolute atomic E-state index is 11.6. The van der Waals surface area contributed by atoms with E-state index in [9.17, 15) is 8.42 Å². The van der Waals surface area contributed by atoms with Crippen LogP contribution in [0, 0.1) is 5.41 Å². The van der Waals surface area contributed by atoms with Crippen LogP contribution < -0.4 is 5.73 Å². The second-order valence-electron chi connectivity index (χ2n) is 5.13. The lowest BCUT2D eigenvalue weighted by molar-refractivity contribution is 0.569. The minimum atomic E-state index is -3.11. The number of sulfone groups is 1. The number of nitrogen functional groups attached to an aromatic ring is 1. The van der Waals surface area contributed by atoms with Gasteiger partial charge in [-0.3, -0.25) is 5.41 Å². The minimum absolute atomic E-state index is 0.0578. The van der Waals surface area contributed by atoms with Crippen LogP contribution in [-0.4, -0.2) is 25.0 Å². The van der Waals surface area contributed by atoms with Crippen molar-refractivity contribution in [2.45, 2.75) is 38.9 Å². The van der Waals surface area contributed by atoms with E-state index >= 15 is 0 Å². The van der Waals surface area contributed by atoms with E-state index in [1.807, 2.05) is 20.8 Å². The number of nitrogens with one attached hydrogen (secondary N) is 1. The third-order valence-electron chi connectivity index (χ3n) is 2.41. The van der Waals surface area contributed by atoms with Gasteiger partial charge in [0.25, 0.3) is 0 Å². The predicted octanol–water partition coefficient (Wildman–Crippen LogP) is 1.66. The molecule has 102 valence electrons. The summed E-state index contributed by atoms with van der Waals surface area (Å²) < 4.78 is 23.2. The lowest BCUT2D eigenvalue weighted by Gasteiger charge is -2.16. The smallest absolute Gasteiger partial charge is 0.156 e. The molecule has 1 aromatic rings. The summed E-state index contributed by atoms with van der Waals surface area (Å²) in [5, 5.41) is 8.05. The molecule has 0 radical (unpaired) electrons. The monoisotopic (exact) mass is 289 g/mol. The Morgan fingerprint density at radius 2 is 2.00 bits per heavy atom. The molecule has 18 heavy (non-hydrogen) atoms. The molecule has 3 N–H and O–H groups in total. The molecule has 0 aliphatic rings. The molecule has 0 saturated heterocycles. The van der Waals surface area contributed by atoms with Crippen molar-refractivity contribution in [3.05, 3.63) is 15.6 Å². The molecule has 1 aromatic heterocycles. The van der Waals surface area contributed by atoms with Gasteiger partial charge in [-0.05, 0) is 0 Å². The molecule has 0 bridgehead atoms. The number of amidine groups is 1. The van der Waals surface area contributed by atoms with E-state index in [-0.39, 0.29) is 22.8 Å². The van der Waals surface area contributed by atoms with Crippen LogP contribution >= 0.6 is 11.3 Å². The lowest BCUT2D eigenvalue weighted by Crippen LogP contribution is -2.19. The van der Waals surface area contributed by atoms with Gasteiger partial charge < -0.3 is 5.73 Å². The molecule has 0 amide bonds. The van der Waals surface area contributed by atoms with E-state index in [0.29, 0.717) is 15.6 Å². The van der Waals surface area contributed by atoms with Crippen LogP contribution in [-0.2, 0) is 21.0 Å². The molecule has 0 fully saturated rings. The summed E-state index contributed by atoms with van der Waals surface area (Å²) in [5.74, 6) is -0.0465. The maximum Gasteiger partial charge on any atom is 0.156 e. The largest absolute Gasteiger partial charge is 0.383 e. The summed E-state index contributed by atoms with van der Waals surface area (Å²) >= 11 is 1.20. The first-order valence-corrected chi connectivity index (χ1v) is 8.25. The molecule has 0 aromatic carbocycles. The van der Waals surface area contributed by atoms with Gasteiger partial charge in [0.2, 0.25) is 0 Å². The third-order valence-corrected chi connectivity index (χ3v) is 5.27. The van der Waals surface area contributed by atoms with Crippen LogP contribution in [0.15, 0.2) is 0 Å². The van der Waals surface area contributed by atoms with Gasteiger partial charge in [-0.15, -0.1) is 11.3 Å². The van der Waals surface area contributed by atoms with E-state index < -0.39 is 9.84 Å². The average Bonchev–Trinajstić information content (AvgIpc) is 2.60. The Bertz CT molecular complexity index is 553. The summed E-state index contributed by atoms with van der Waals surface area (Å²) in [6.07, 6.45) is 0. The van der Waals surface area contributed by atoms with Gasteiger partial charge in [-0.2, -0.15) is 0 Å². The van der Waals surface area contributed by atoms with E-state index in [0.717, 1.165) is 0 Å². The van der Waals surface area contributed by atoms with Crippen molar-refractivity contribution in [2.75, 3.05) is 5.75 Å². The average molecular weight is 289 g/mol. The third kappa shape index (κ3) is 3.52. The van der Waals surface area contributed by atoms with E-state index in [1.54, 1.807) is 6.92 Å². The lowest BCUT2D eigenvalue weighted by atomic mass is 9.91. The van der Waals surface area contributed by atoms with Crippen LogP contribution in [0.2, 0.25) is 0 Å². The molecule has 0 saturated carbocycles. The second kappa shape index (κ2) is 4.97. The second-order valence-corrected chi connectivity index (χ2v) is 8.56. The Balaban J connectivity index is 3.24. The first kappa shape index (κ1) is 15.1. The number of thiazole rings is 1. The zero-order valence-corrected chi connectivity index (χ0v) is 12.7. The van der Waals surface area contributed by atoms with Crippen LogP contribution in [0.3, 0.4) is 0 Å². The van der Waals surface area contributed by atoms with Crippen molar-refractivity contribution in [1.29, 1.82) is 5.41 Å². The first-order chi connectivity index (χ1) is 8.07. The molecule has 5 nitrogen and oxygen atoms in total. The Hall–Kier alpha value is -0.950. The summed E-state index contributed by atoms with van der Waals surface area (Å²) in [7, 11) is -3.11. The molecule has 1 rings (SSSR count). The SMILES string of the molecule is CCS(=O)(=O)Cc1nc(C(C)(C)C)c(C(=N)N)s1. The highest BCUT2D eigenvalue weighted by Crippen LogP contribution is 2.30. The highest BCUT2D eigenvalue weighted by Gasteiger charge is 2.25. The van der Waals surface area contributed by atoms with Crippen LogP contribution in [0.25, 0.3) is 0 Å². The van der Waals surface area contributed by atoms with Gasteiger partial charge >= 0.3 is 0 Å². The molecule has 0 aliphatic heterocycles. The number of aromatic nitrogens is 1. The maximum atomic E-state index is 11.6. The van der Waals surface area contributed by atoms with Crippen LogP contribution in [0.4, 0.5) is 0 Å². The van der Waals surface area contributed by atoms with Crippen molar-refractivity contribution >= 4 is 27.0 Å². The van der Waals surface area contributed by atoms with E-state index in [1.165, 1.54) is 11.3 Å². The minimum Gasteiger partial charge on any atom is -0.383 e. The van der Waals surface area contributed by atoms with Crippen molar-refractivity contribution in [1.82, 2.24) is 4.98 Å². The molecular weight excluding hydrogens is 270 g/mol. The molecule has 0 aliphatic carbocycles. The van der Waals surface area contributed by atoms with Gasteiger partial charge in [0.05, 0.1) is 10.6 Å². The van der Waals surface area contributed by atoms with Crippen LogP contribution in [0.1, 0.15) is 43.3 Å². The highest BCUT2D eigenvalue weighted by molar-refractivity contribution is 7.90. The van der Waals surface area contributed by atoms with Crippen LogP contribution in [0.5, 0.6) is 0 Å². The fourth-order valence-electron chi connectivity index (χ4n) is 1.41. The molecular formula is C11H19N3O2S2. The number of hydrogen-bond donors (Lipinski definition) is 2. The van der Waals surface area contributed by atoms with Crippen molar-refractivity contribution in [2.24, 2.45) is 5.73 Å². The Morgan fingerprint density at radius 3 is 2.33 bits per heavy atom. The molecule has 0 spiro atoms. The predicted molar refractivity (Wildman–Crippen MR) is 75.0 cm³/mol. The van der Waals surface area contributed by atoms with E-state index in [2.05, 4.69) is 4.98 Å². The summed E-state index contributed by atoms with van der Waals surface area (Å²) in [5.41, 5.74) is 5.96. The van der Waals surface area contributed by atoms with Gasteiger partial charge in [-0.25, -0.2) is 13.4 Å². The van der Waals surface area contributed by atoms with Gasteiger partial charge in [-0.1, -0.05) is 27.7 Å². The fourth-order valence-corrected chi connectivity index (χ4v) is 3.76. The van der Waals surface area contributed by atoms with Gasteiger partial charge in [0, 0.05) is 11.2 Å². The van der Waals surface area contributed by atoms with E-state index in [4.69, 9.17) is 11.1 Å². The summed E-state index contributed by atoms with van der Waals surface area (Å²) in [6, 6.07) is 0. The number of hydrogen-bond acceptors (Lipinski definition) is 5. The number of rotatable bonds is 4. The Morgan fingerprint density at radius 1 is 1.44 bits per heavy atom. The number of nitrogens with zero attached hydrogens (tertiary/aromatic N) is 1. The first-order valence-electron chi connectivity index (χ1n) is 5.62. The molecule has 7 heteroatoms. The Kier molecular flexibility index (Phi) is 4.17. The Labute approximate surface area is 112 Å². The fraction of sp³-hybridized carbons (Fsp3) is 0.636. The highest BCUT2D eigenvalue weighted by atomic mass is 32.2. The topological polar surface area (TPSA) is 96.9 Å². The standard InChI is InChI=1S/C11H19N3O2S2/c1-5-18(15,16)6-7-14-9(11(2,3)4)8(17-7)10(12)13/h5-6H2,1-4H3,(H3,12,13). The molecule has 0 atom stereocenters. The molecule has 0 unspecified atom stereocenters. The quantitative estimate of drug-likeness (QED) is 0.650. The van der Waals surface area contributed by atoms with Gasteiger partial charge in [0.15, 0.2) is 9.84 Å². The zero-order chi connectivity index (χ0) is 14.1. The number of nitrogens with two attached hydrogens (primary N) is 1. The van der Waals surface area contributed by atoms with Gasteiger partial charge in [0.1, 0.15) is 16.6 Å². The summed E-state index contributed by atoms with van der Waals surface area (Å²) in [6.45, 7) is 7.51. The normalized spacial score (nSPS) is 12.7. The van der Waals surface area contributed by atoms with Crippen molar-refractivity contribution < 1.29 is 8.42 Å². The van der Waals surface area contributed by atoms with Crippen molar-refractivity contribution in [3.8, 4) is 0 Å².